The molecule has 0 saturated heterocycles. The van der Waals surface area contributed by atoms with E-state index in [9.17, 15) is 14.7 Å². The molecule has 25 heavy (non-hydrogen) atoms. The van der Waals surface area contributed by atoms with Gasteiger partial charge in [0.25, 0.3) is 0 Å². The van der Waals surface area contributed by atoms with Crippen LogP contribution in [0.2, 0.25) is 0 Å². The molecular weight excluding hydrogens is 312 g/mol. The molecule has 0 spiro atoms. The van der Waals surface area contributed by atoms with Crippen LogP contribution in [0, 0.1) is 18.8 Å². The lowest BCUT2D eigenvalue weighted by molar-refractivity contribution is 0.0689. The molecule has 0 aliphatic heterocycles. The van der Waals surface area contributed by atoms with Crippen LogP contribution < -0.4 is 0 Å². The third-order valence-corrected chi connectivity index (χ3v) is 6.00. The lowest BCUT2D eigenvalue weighted by atomic mass is 9.63. The maximum atomic E-state index is 13.4. The van der Waals surface area contributed by atoms with E-state index in [1.165, 1.54) is 17.2 Å². The molecule has 1 aliphatic carbocycles. The molecule has 0 saturated carbocycles. The number of carboxylic acid groups (broad SMARTS) is 1. The average Bonchev–Trinajstić information content (AvgIpc) is 2.59. The van der Waals surface area contributed by atoms with E-state index >= 15 is 0 Å². The minimum atomic E-state index is -1.06. The predicted molar refractivity (Wildman–Crippen MR) is 98.4 cm³/mol. The summed E-state index contributed by atoms with van der Waals surface area (Å²) in [7, 11) is 0. The first-order valence-corrected chi connectivity index (χ1v) is 8.80. The number of benzene rings is 2. The van der Waals surface area contributed by atoms with E-state index in [-0.39, 0.29) is 23.2 Å². The highest BCUT2D eigenvalue weighted by atomic mass is 16.4. The Kier molecular flexibility index (Phi) is 4.51. The average molecular weight is 336 g/mol. The standard InChI is InChI=1S/C22H24O3/c1-12-8-7-11-18-19(12)14(3)13(2)15(4)20(18)21(23)16-9-5-6-10-17(16)22(24)25/h5-11,13-15,20H,1-4H3,(H,24,25). The molecule has 2 aromatic carbocycles. The van der Waals surface area contributed by atoms with Gasteiger partial charge in [-0.3, -0.25) is 4.79 Å². The lowest BCUT2D eigenvalue weighted by Crippen LogP contribution is -2.34. The summed E-state index contributed by atoms with van der Waals surface area (Å²) in [6.07, 6.45) is 0. The van der Waals surface area contributed by atoms with Gasteiger partial charge in [-0.25, -0.2) is 4.79 Å². The number of ketones is 1. The van der Waals surface area contributed by atoms with Crippen LogP contribution in [0.5, 0.6) is 0 Å². The number of hydrogen-bond donors (Lipinski definition) is 1. The molecular formula is C22H24O3. The van der Waals surface area contributed by atoms with Crippen molar-refractivity contribution >= 4 is 11.8 Å². The van der Waals surface area contributed by atoms with Crippen molar-refractivity contribution in [3.05, 3.63) is 70.3 Å². The van der Waals surface area contributed by atoms with Gasteiger partial charge in [-0.1, -0.05) is 57.2 Å². The summed E-state index contributed by atoms with van der Waals surface area (Å²) in [6.45, 7) is 8.61. The second-order valence-electron chi connectivity index (χ2n) is 7.28. The second kappa shape index (κ2) is 6.47. The Labute approximate surface area is 148 Å². The van der Waals surface area contributed by atoms with Crippen molar-refractivity contribution in [2.24, 2.45) is 11.8 Å². The van der Waals surface area contributed by atoms with Crippen molar-refractivity contribution in [2.75, 3.05) is 0 Å². The van der Waals surface area contributed by atoms with E-state index in [0.29, 0.717) is 17.4 Å². The van der Waals surface area contributed by atoms with Crippen LogP contribution in [0.4, 0.5) is 0 Å². The molecule has 0 bridgehead atoms. The van der Waals surface area contributed by atoms with Crippen LogP contribution >= 0.6 is 0 Å². The Morgan fingerprint density at radius 1 is 0.880 bits per heavy atom. The van der Waals surface area contributed by atoms with E-state index < -0.39 is 5.97 Å². The Morgan fingerprint density at radius 3 is 2.16 bits per heavy atom. The second-order valence-corrected chi connectivity index (χ2v) is 7.28. The molecule has 1 aliphatic rings. The quantitative estimate of drug-likeness (QED) is 0.798. The van der Waals surface area contributed by atoms with Crippen molar-refractivity contribution < 1.29 is 14.7 Å². The first kappa shape index (κ1) is 17.4. The zero-order valence-corrected chi connectivity index (χ0v) is 15.1. The number of Topliss-reactive ketones (excluding diaryl/α,β-unsaturated/α-hetero) is 1. The Balaban J connectivity index is 2.17. The first-order valence-electron chi connectivity index (χ1n) is 8.80. The molecule has 4 atom stereocenters. The minimum Gasteiger partial charge on any atom is -0.478 e. The zero-order valence-electron chi connectivity index (χ0n) is 15.1. The minimum absolute atomic E-state index is 0.0835. The van der Waals surface area contributed by atoms with Gasteiger partial charge in [0.15, 0.2) is 5.78 Å². The predicted octanol–water partition coefficient (Wildman–Crippen LogP) is 5.05. The van der Waals surface area contributed by atoms with Crippen LogP contribution in [-0.2, 0) is 0 Å². The molecule has 1 N–H and O–H groups in total. The van der Waals surface area contributed by atoms with E-state index in [4.69, 9.17) is 0 Å². The third-order valence-electron chi connectivity index (χ3n) is 6.00. The summed E-state index contributed by atoms with van der Waals surface area (Å²) >= 11 is 0. The molecule has 0 aromatic heterocycles. The third kappa shape index (κ3) is 2.78. The lowest BCUT2D eigenvalue weighted by Gasteiger charge is -2.40. The summed E-state index contributed by atoms with van der Waals surface area (Å²) in [5.74, 6) is -0.570. The zero-order chi connectivity index (χ0) is 18.3. The highest BCUT2D eigenvalue weighted by Gasteiger charge is 2.41. The smallest absolute Gasteiger partial charge is 0.336 e. The molecule has 0 heterocycles. The van der Waals surface area contributed by atoms with Crippen LogP contribution in [0.1, 0.15) is 70.0 Å². The summed E-state index contributed by atoms with van der Waals surface area (Å²) in [4.78, 5) is 25.0. The van der Waals surface area contributed by atoms with Gasteiger partial charge in [0.2, 0.25) is 0 Å². The van der Waals surface area contributed by atoms with E-state index in [1.807, 2.05) is 12.1 Å². The summed E-state index contributed by atoms with van der Waals surface area (Å²) in [5, 5.41) is 9.46. The molecule has 130 valence electrons. The van der Waals surface area contributed by atoms with Crippen LogP contribution in [0.25, 0.3) is 0 Å². The van der Waals surface area contributed by atoms with Gasteiger partial charge in [0.1, 0.15) is 0 Å². The van der Waals surface area contributed by atoms with Crippen molar-refractivity contribution in [3.8, 4) is 0 Å². The maximum absolute atomic E-state index is 13.4. The topological polar surface area (TPSA) is 54.4 Å². The highest BCUT2D eigenvalue weighted by molar-refractivity contribution is 6.09. The van der Waals surface area contributed by atoms with Crippen LogP contribution in [0.3, 0.4) is 0 Å². The first-order chi connectivity index (χ1) is 11.8. The van der Waals surface area contributed by atoms with E-state index in [2.05, 4.69) is 33.8 Å². The number of aryl methyl sites for hydroxylation is 1. The summed E-state index contributed by atoms with van der Waals surface area (Å²) in [6, 6.07) is 12.7. The summed E-state index contributed by atoms with van der Waals surface area (Å²) < 4.78 is 0. The Bertz CT molecular complexity index is 837. The van der Waals surface area contributed by atoms with Crippen molar-refractivity contribution in [1.82, 2.24) is 0 Å². The SMILES string of the molecule is Cc1cccc2c1C(C)C(C)C(C)C2C(=O)c1ccccc1C(=O)O. The van der Waals surface area contributed by atoms with Gasteiger partial charge in [0, 0.05) is 5.56 Å². The summed E-state index contributed by atoms with van der Waals surface area (Å²) in [5.41, 5.74) is 3.90. The molecule has 3 rings (SSSR count). The molecule has 3 heteroatoms. The number of fused-ring (bicyclic) bond motifs is 1. The number of aromatic carboxylic acids is 1. The van der Waals surface area contributed by atoms with Gasteiger partial charge in [-0.2, -0.15) is 0 Å². The number of hydrogen-bond acceptors (Lipinski definition) is 2. The molecule has 2 aromatic rings. The Morgan fingerprint density at radius 2 is 1.52 bits per heavy atom. The van der Waals surface area contributed by atoms with Crippen molar-refractivity contribution in [1.29, 1.82) is 0 Å². The molecule has 3 nitrogen and oxygen atoms in total. The largest absolute Gasteiger partial charge is 0.478 e. The number of rotatable bonds is 3. The van der Waals surface area contributed by atoms with E-state index in [1.54, 1.807) is 18.2 Å². The fourth-order valence-electron chi connectivity index (χ4n) is 4.33. The van der Waals surface area contributed by atoms with E-state index in [0.717, 1.165) is 5.56 Å². The molecule has 0 amide bonds. The fourth-order valence-corrected chi connectivity index (χ4v) is 4.33. The van der Waals surface area contributed by atoms with Crippen LogP contribution in [-0.4, -0.2) is 16.9 Å². The van der Waals surface area contributed by atoms with Gasteiger partial charge in [0.05, 0.1) is 11.5 Å². The molecule has 0 fully saturated rings. The molecule has 4 unspecified atom stereocenters. The van der Waals surface area contributed by atoms with Gasteiger partial charge >= 0.3 is 5.97 Å². The van der Waals surface area contributed by atoms with Gasteiger partial charge in [-0.15, -0.1) is 0 Å². The van der Waals surface area contributed by atoms with Gasteiger partial charge < -0.3 is 5.11 Å². The maximum Gasteiger partial charge on any atom is 0.336 e. The molecule has 0 radical (unpaired) electrons. The fraction of sp³-hybridized carbons (Fsp3) is 0.364. The number of carboxylic acids is 1. The van der Waals surface area contributed by atoms with Crippen molar-refractivity contribution in [2.45, 2.75) is 39.5 Å². The normalized spacial score (nSPS) is 25.3. The Hall–Kier alpha value is -2.42. The van der Waals surface area contributed by atoms with Crippen LogP contribution in [0.15, 0.2) is 42.5 Å². The van der Waals surface area contributed by atoms with Crippen molar-refractivity contribution in [3.63, 3.8) is 0 Å². The van der Waals surface area contributed by atoms with Gasteiger partial charge in [-0.05, 0) is 47.4 Å². The highest BCUT2D eigenvalue weighted by Crippen LogP contribution is 2.48. The number of carbonyl (C=O) groups is 2. The number of carbonyl (C=O) groups excluding carboxylic acids is 1. The monoisotopic (exact) mass is 336 g/mol.